The lowest BCUT2D eigenvalue weighted by atomic mass is 9.98. The van der Waals surface area contributed by atoms with E-state index >= 15 is 0 Å². The van der Waals surface area contributed by atoms with E-state index < -0.39 is 12.1 Å². The van der Waals surface area contributed by atoms with Gasteiger partial charge in [-0.1, -0.05) is 0 Å². The largest absolute Gasteiger partial charge is 0.479 e. The summed E-state index contributed by atoms with van der Waals surface area (Å²) in [6, 6.07) is 0. The van der Waals surface area contributed by atoms with Crippen LogP contribution < -0.4 is 0 Å². The van der Waals surface area contributed by atoms with Gasteiger partial charge in [0.1, 0.15) is 0 Å². The van der Waals surface area contributed by atoms with Gasteiger partial charge in [-0.25, -0.2) is 4.79 Å². The van der Waals surface area contributed by atoms with Crippen molar-refractivity contribution in [1.82, 2.24) is 0 Å². The fourth-order valence-corrected chi connectivity index (χ4v) is 1.38. The van der Waals surface area contributed by atoms with Crippen molar-refractivity contribution in [2.24, 2.45) is 11.8 Å². The van der Waals surface area contributed by atoms with Crippen LogP contribution in [0.1, 0.15) is 12.8 Å². The molecule has 1 rings (SSSR count). The highest BCUT2D eigenvalue weighted by Crippen LogP contribution is 2.38. The predicted molar refractivity (Wildman–Crippen MR) is 41.7 cm³/mol. The van der Waals surface area contributed by atoms with Crippen molar-refractivity contribution in [3.63, 3.8) is 0 Å². The molecule has 0 radical (unpaired) electrons. The Morgan fingerprint density at radius 2 is 2.25 bits per heavy atom. The normalized spacial score (nSPS) is 21.8. The van der Waals surface area contributed by atoms with E-state index in [0.717, 1.165) is 12.8 Å². The van der Waals surface area contributed by atoms with E-state index in [9.17, 15) is 9.90 Å². The number of ether oxygens (including phenoxy) is 1. The first-order chi connectivity index (χ1) is 5.66. The van der Waals surface area contributed by atoms with E-state index in [4.69, 9.17) is 9.84 Å². The van der Waals surface area contributed by atoms with Gasteiger partial charge >= 0.3 is 5.97 Å². The zero-order valence-corrected chi connectivity index (χ0v) is 7.06. The summed E-state index contributed by atoms with van der Waals surface area (Å²) in [6.45, 7) is 0.331. The second kappa shape index (κ2) is 3.87. The molecule has 0 aliphatic heterocycles. The molecule has 0 aromatic heterocycles. The summed E-state index contributed by atoms with van der Waals surface area (Å²) in [7, 11) is 1.52. The van der Waals surface area contributed by atoms with Crippen molar-refractivity contribution in [3.05, 3.63) is 0 Å². The molecule has 1 saturated carbocycles. The topological polar surface area (TPSA) is 66.8 Å². The van der Waals surface area contributed by atoms with Crippen LogP contribution in [0.3, 0.4) is 0 Å². The van der Waals surface area contributed by atoms with Crippen LogP contribution in [0.4, 0.5) is 0 Å². The number of rotatable bonds is 5. The molecule has 2 atom stereocenters. The highest BCUT2D eigenvalue weighted by atomic mass is 16.5. The molecule has 0 saturated heterocycles. The Bertz CT molecular complexity index is 164. The number of carbonyl (C=O) groups is 1. The van der Waals surface area contributed by atoms with Crippen molar-refractivity contribution in [3.8, 4) is 0 Å². The predicted octanol–water partition coefficient (Wildman–Crippen LogP) is 0.104. The maximum atomic E-state index is 10.4. The standard InChI is InChI=1S/C8H14O4/c1-12-4-6(5-2-3-5)7(9)8(10)11/h5-7,9H,2-4H2,1H3,(H,10,11). The molecular formula is C8H14O4. The smallest absolute Gasteiger partial charge is 0.332 e. The zero-order valence-electron chi connectivity index (χ0n) is 7.06. The van der Waals surface area contributed by atoms with Gasteiger partial charge in [-0.2, -0.15) is 0 Å². The number of aliphatic hydroxyl groups excluding tert-OH is 1. The summed E-state index contributed by atoms with van der Waals surface area (Å²) in [5.41, 5.74) is 0. The van der Waals surface area contributed by atoms with Gasteiger partial charge in [-0.15, -0.1) is 0 Å². The minimum atomic E-state index is -1.27. The average molecular weight is 174 g/mol. The number of methoxy groups -OCH3 is 1. The van der Waals surface area contributed by atoms with Crippen LogP contribution in [0.15, 0.2) is 0 Å². The van der Waals surface area contributed by atoms with E-state index in [-0.39, 0.29) is 5.92 Å². The molecule has 1 fully saturated rings. The van der Waals surface area contributed by atoms with Gasteiger partial charge in [0.25, 0.3) is 0 Å². The van der Waals surface area contributed by atoms with Crippen molar-refractivity contribution >= 4 is 5.97 Å². The van der Waals surface area contributed by atoms with E-state index in [1.165, 1.54) is 7.11 Å². The summed E-state index contributed by atoms with van der Waals surface area (Å²) in [4.78, 5) is 10.4. The molecule has 0 bridgehead atoms. The number of carboxylic acid groups (broad SMARTS) is 1. The van der Waals surface area contributed by atoms with Crippen LogP contribution in [0.5, 0.6) is 0 Å². The molecule has 1 aliphatic rings. The van der Waals surface area contributed by atoms with Gasteiger partial charge in [0.2, 0.25) is 0 Å². The summed E-state index contributed by atoms with van der Waals surface area (Å²) >= 11 is 0. The molecule has 70 valence electrons. The summed E-state index contributed by atoms with van der Waals surface area (Å²) < 4.78 is 4.85. The van der Waals surface area contributed by atoms with Crippen molar-refractivity contribution < 1.29 is 19.7 Å². The third-order valence-electron chi connectivity index (χ3n) is 2.25. The molecule has 0 spiro atoms. The fourth-order valence-electron chi connectivity index (χ4n) is 1.38. The lowest BCUT2D eigenvalue weighted by Crippen LogP contribution is -2.33. The minimum absolute atomic E-state index is 0.229. The molecule has 4 heteroatoms. The Kier molecular flexibility index (Phi) is 3.05. The molecular weight excluding hydrogens is 160 g/mol. The van der Waals surface area contributed by atoms with Gasteiger partial charge in [0, 0.05) is 13.0 Å². The first-order valence-corrected chi connectivity index (χ1v) is 4.06. The lowest BCUT2D eigenvalue weighted by Gasteiger charge is -2.17. The minimum Gasteiger partial charge on any atom is -0.479 e. The summed E-state index contributed by atoms with van der Waals surface area (Å²) in [5.74, 6) is -1.03. The lowest BCUT2D eigenvalue weighted by molar-refractivity contribution is -0.151. The van der Waals surface area contributed by atoms with Gasteiger partial charge < -0.3 is 14.9 Å². The third-order valence-corrected chi connectivity index (χ3v) is 2.25. The second-order valence-electron chi connectivity index (χ2n) is 3.24. The molecule has 0 amide bonds. The van der Waals surface area contributed by atoms with Crippen LogP contribution in [-0.4, -0.2) is 36.0 Å². The molecule has 0 aromatic rings. The van der Waals surface area contributed by atoms with Crippen LogP contribution in [-0.2, 0) is 9.53 Å². The Labute approximate surface area is 71.2 Å². The van der Waals surface area contributed by atoms with Crippen molar-refractivity contribution in [1.29, 1.82) is 0 Å². The maximum absolute atomic E-state index is 10.4. The quantitative estimate of drug-likeness (QED) is 0.620. The average Bonchev–Trinajstić information content (AvgIpc) is 2.81. The van der Waals surface area contributed by atoms with Crippen LogP contribution in [0, 0.1) is 11.8 Å². The number of carboxylic acids is 1. The zero-order chi connectivity index (χ0) is 9.14. The van der Waals surface area contributed by atoms with Gasteiger partial charge in [0.15, 0.2) is 6.10 Å². The molecule has 4 nitrogen and oxygen atoms in total. The SMILES string of the molecule is COCC(C1CC1)C(O)C(=O)O. The van der Waals surface area contributed by atoms with Crippen molar-refractivity contribution in [2.45, 2.75) is 18.9 Å². The van der Waals surface area contributed by atoms with Crippen LogP contribution >= 0.6 is 0 Å². The highest BCUT2D eigenvalue weighted by Gasteiger charge is 2.38. The van der Waals surface area contributed by atoms with Crippen LogP contribution in [0.25, 0.3) is 0 Å². The Morgan fingerprint density at radius 3 is 2.58 bits per heavy atom. The molecule has 12 heavy (non-hydrogen) atoms. The third kappa shape index (κ3) is 2.19. The summed E-state index contributed by atoms with van der Waals surface area (Å²) in [5, 5.41) is 17.8. The second-order valence-corrected chi connectivity index (χ2v) is 3.24. The van der Waals surface area contributed by atoms with Crippen LogP contribution in [0.2, 0.25) is 0 Å². The molecule has 0 aromatic carbocycles. The van der Waals surface area contributed by atoms with E-state index in [1.807, 2.05) is 0 Å². The van der Waals surface area contributed by atoms with Gasteiger partial charge in [0.05, 0.1) is 6.61 Å². The number of aliphatic hydroxyl groups is 1. The monoisotopic (exact) mass is 174 g/mol. The summed E-state index contributed by atoms with van der Waals surface area (Å²) in [6.07, 6.45) is 0.758. The Balaban J connectivity index is 2.45. The van der Waals surface area contributed by atoms with Gasteiger partial charge in [-0.3, -0.25) is 0 Å². The Hall–Kier alpha value is -0.610. The highest BCUT2D eigenvalue weighted by molar-refractivity contribution is 5.72. The molecule has 0 heterocycles. The Morgan fingerprint density at radius 1 is 1.67 bits per heavy atom. The first kappa shape index (κ1) is 9.48. The van der Waals surface area contributed by atoms with E-state index in [2.05, 4.69) is 0 Å². The van der Waals surface area contributed by atoms with E-state index in [0.29, 0.717) is 12.5 Å². The number of hydrogen-bond acceptors (Lipinski definition) is 3. The number of hydrogen-bond donors (Lipinski definition) is 2. The first-order valence-electron chi connectivity index (χ1n) is 4.06. The van der Waals surface area contributed by atoms with Crippen molar-refractivity contribution in [2.75, 3.05) is 13.7 Å². The number of aliphatic carboxylic acids is 1. The van der Waals surface area contributed by atoms with Gasteiger partial charge in [-0.05, 0) is 18.8 Å². The molecule has 2 unspecified atom stereocenters. The van der Waals surface area contributed by atoms with E-state index in [1.54, 1.807) is 0 Å². The molecule has 1 aliphatic carbocycles. The maximum Gasteiger partial charge on any atom is 0.332 e. The molecule has 2 N–H and O–H groups in total. The fraction of sp³-hybridized carbons (Fsp3) is 0.875.